The Bertz CT molecular complexity index is 626. The first-order chi connectivity index (χ1) is 10.0. The van der Waals surface area contributed by atoms with E-state index in [4.69, 9.17) is 5.11 Å². The molecule has 3 heterocycles. The smallest absolute Gasteiger partial charge is 0.352 e. The van der Waals surface area contributed by atoms with Gasteiger partial charge >= 0.3 is 5.97 Å². The largest absolute Gasteiger partial charge is 0.477 e. The van der Waals surface area contributed by atoms with Crippen molar-refractivity contribution in [3.63, 3.8) is 0 Å². The number of carboxylic acid groups (broad SMARTS) is 1. The Morgan fingerprint density at radius 3 is 2.90 bits per heavy atom. The summed E-state index contributed by atoms with van der Waals surface area (Å²) in [6.45, 7) is 0. The first-order valence-corrected chi connectivity index (χ1v) is 8.11. The van der Waals surface area contributed by atoms with Gasteiger partial charge in [-0.25, -0.2) is 4.79 Å². The van der Waals surface area contributed by atoms with Gasteiger partial charge < -0.3 is 10.4 Å². The molecule has 1 aromatic rings. The lowest BCUT2D eigenvalue weighted by atomic mass is 10.1. The van der Waals surface area contributed by atoms with Crippen LogP contribution >= 0.6 is 23.1 Å². The van der Waals surface area contributed by atoms with E-state index in [9.17, 15) is 14.4 Å². The summed E-state index contributed by atoms with van der Waals surface area (Å²) < 4.78 is 0. The van der Waals surface area contributed by atoms with Crippen LogP contribution in [-0.4, -0.2) is 38.5 Å². The fraction of sp³-hybridized carbons (Fsp3) is 0.308. The summed E-state index contributed by atoms with van der Waals surface area (Å²) >= 11 is 2.89. The predicted molar refractivity (Wildman–Crippen MR) is 78.5 cm³/mol. The summed E-state index contributed by atoms with van der Waals surface area (Å²) in [5, 5.41) is 13.2. The lowest BCUT2D eigenvalue weighted by molar-refractivity contribution is -0.146. The molecule has 2 atom stereocenters. The van der Waals surface area contributed by atoms with Gasteiger partial charge in [-0.1, -0.05) is 6.07 Å². The number of aliphatic carboxylic acids is 1. The molecule has 21 heavy (non-hydrogen) atoms. The molecule has 2 amide bonds. The highest BCUT2D eigenvalue weighted by atomic mass is 32.2. The van der Waals surface area contributed by atoms with Crippen molar-refractivity contribution in [3.05, 3.63) is 34.2 Å². The van der Waals surface area contributed by atoms with Crippen LogP contribution in [0.1, 0.15) is 11.3 Å². The van der Waals surface area contributed by atoms with Gasteiger partial charge in [0.2, 0.25) is 11.8 Å². The van der Waals surface area contributed by atoms with E-state index < -0.39 is 11.3 Å². The van der Waals surface area contributed by atoms with Crippen LogP contribution in [0.5, 0.6) is 0 Å². The quantitative estimate of drug-likeness (QED) is 0.807. The maximum Gasteiger partial charge on any atom is 0.352 e. The fourth-order valence-electron chi connectivity index (χ4n) is 2.25. The van der Waals surface area contributed by atoms with E-state index in [0.717, 1.165) is 4.88 Å². The summed E-state index contributed by atoms with van der Waals surface area (Å²) in [4.78, 5) is 36.8. The van der Waals surface area contributed by atoms with Crippen LogP contribution < -0.4 is 5.32 Å². The van der Waals surface area contributed by atoms with Gasteiger partial charge in [-0.15, -0.1) is 23.1 Å². The Morgan fingerprint density at radius 1 is 1.48 bits per heavy atom. The number of fused-ring (bicyclic) bond motifs is 1. The van der Waals surface area contributed by atoms with Gasteiger partial charge in [-0.3, -0.25) is 14.5 Å². The number of rotatable bonds is 4. The molecule has 0 spiro atoms. The van der Waals surface area contributed by atoms with Crippen molar-refractivity contribution in [2.45, 2.75) is 23.6 Å². The van der Waals surface area contributed by atoms with E-state index in [1.54, 1.807) is 0 Å². The third-order valence-corrected chi connectivity index (χ3v) is 5.33. The van der Waals surface area contributed by atoms with Gasteiger partial charge in [-0.2, -0.15) is 0 Å². The first kappa shape index (κ1) is 14.2. The molecule has 1 fully saturated rings. The molecule has 0 bridgehead atoms. The van der Waals surface area contributed by atoms with Crippen molar-refractivity contribution in [1.82, 2.24) is 10.2 Å². The standard InChI is InChI=1S/C13H12N2O4S2/c16-9(4-7-2-1-3-20-7)14-10-5-8(13(18)19)15-11(17)6-12(15)21-10/h1-3,5,10,12H,4,6H2,(H,14,16)(H,18,19)/t10?,12-/m1/s1. The highest BCUT2D eigenvalue weighted by Crippen LogP contribution is 2.39. The molecule has 0 radical (unpaired) electrons. The molecule has 0 aliphatic carbocycles. The minimum Gasteiger partial charge on any atom is -0.477 e. The van der Waals surface area contributed by atoms with Crippen LogP contribution in [0.2, 0.25) is 0 Å². The second-order valence-corrected chi connectivity index (χ2v) is 7.02. The average molecular weight is 324 g/mol. The minimum atomic E-state index is -1.15. The summed E-state index contributed by atoms with van der Waals surface area (Å²) in [7, 11) is 0. The molecule has 2 aliphatic heterocycles. The number of carbonyl (C=O) groups is 3. The number of nitrogens with zero attached hydrogens (tertiary/aromatic N) is 1. The van der Waals surface area contributed by atoms with E-state index in [0.29, 0.717) is 6.42 Å². The molecule has 1 saturated heterocycles. The fourth-order valence-corrected chi connectivity index (χ4v) is 4.29. The summed E-state index contributed by atoms with van der Waals surface area (Å²) in [6.07, 6.45) is 2.01. The van der Waals surface area contributed by atoms with Crippen molar-refractivity contribution >= 4 is 40.9 Å². The van der Waals surface area contributed by atoms with E-state index in [2.05, 4.69) is 5.32 Å². The second kappa shape index (κ2) is 5.53. The number of nitrogens with one attached hydrogen (secondary N) is 1. The van der Waals surface area contributed by atoms with Crippen LogP contribution in [0, 0.1) is 0 Å². The minimum absolute atomic E-state index is 0.0450. The molecule has 8 heteroatoms. The van der Waals surface area contributed by atoms with Crippen LogP contribution in [0.15, 0.2) is 29.3 Å². The molecule has 3 rings (SSSR count). The Labute approximate surface area is 128 Å². The summed E-state index contributed by atoms with van der Waals surface area (Å²) in [5.41, 5.74) is -0.0450. The third-order valence-electron chi connectivity index (χ3n) is 3.22. The predicted octanol–water partition coefficient (Wildman–Crippen LogP) is 1.01. The Morgan fingerprint density at radius 2 is 2.29 bits per heavy atom. The molecule has 2 aliphatic rings. The molecule has 110 valence electrons. The number of carboxylic acids is 1. The zero-order valence-corrected chi connectivity index (χ0v) is 12.4. The van der Waals surface area contributed by atoms with E-state index in [1.807, 2.05) is 17.5 Å². The summed E-state index contributed by atoms with van der Waals surface area (Å²) in [5.74, 6) is -1.49. The third kappa shape index (κ3) is 2.81. The zero-order valence-electron chi connectivity index (χ0n) is 10.8. The van der Waals surface area contributed by atoms with Gasteiger partial charge in [0.1, 0.15) is 5.70 Å². The Hall–Kier alpha value is -1.80. The van der Waals surface area contributed by atoms with Gasteiger partial charge in [0, 0.05) is 4.88 Å². The van der Waals surface area contributed by atoms with Gasteiger partial charge in [0.25, 0.3) is 0 Å². The van der Waals surface area contributed by atoms with E-state index in [-0.39, 0.29) is 29.3 Å². The summed E-state index contributed by atoms with van der Waals surface area (Å²) in [6, 6.07) is 3.76. The molecule has 0 aromatic carbocycles. The average Bonchev–Trinajstić information content (AvgIpc) is 2.89. The maximum absolute atomic E-state index is 12.0. The monoisotopic (exact) mass is 324 g/mol. The Kier molecular flexibility index (Phi) is 3.73. The van der Waals surface area contributed by atoms with Crippen LogP contribution in [0.4, 0.5) is 0 Å². The zero-order chi connectivity index (χ0) is 15.0. The lowest BCUT2D eigenvalue weighted by Crippen LogP contribution is -2.55. The molecular formula is C13H12N2O4S2. The first-order valence-electron chi connectivity index (χ1n) is 6.29. The molecule has 1 unspecified atom stereocenters. The number of hydrogen-bond donors (Lipinski definition) is 2. The van der Waals surface area contributed by atoms with Crippen molar-refractivity contribution < 1.29 is 19.5 Å². The van der Waals surface area contributed by atoms with Crippen molar-refractivity contribution in [3.8, 4) is 0 Å². The molecule has 1 aromatic heterocycles. The maximum atomic E-state index is 12.0. The van der Waals surface area contributed by atoms with Crippen molar-refractivity contribution in [2.24, 2.45) is 0 Å². The van der Waals surface area contributed by atoms with Crippen molar-refractivity contribution in [1.29, 1.82) is 0 Å². The SMILES string of the molecule is O=C(Cc1cccs1)NC1C=C(C(=O)O)N2C(=O)C[C@H]2S1. The van der Waals surface area contributed by atoms with Crippen LogP contribution in [0.3, 0.4) is 0 Å². The van der Waals surface area contributed by atoms with Gasteiger partial charge in [-0.05, 0) is 17.5 Å². The highest BCUT2D eigenvalue weighted by Gasteiger charge is 2.45. The second-order valence-electron chi connectivity index (χ2n) is 4.66. The normalized spacial score (nSPS) is 23.9. The number of amides is 2. The number of thioether (sulfide) groups is 1. The molecule has 6 nitrogen and oxygen atoms in total. The van der Waals surface area contributed by atoms with E-state index in [1.165, 1.54) is 34.1 Å². The van der Waals surface area contributed by atoms with Crippen LogP contribution in [0.25, 0.3) is 0 Å². The number of hydrogen-bond acceptors (Lipinski definition) is 5. The van der Waals surface area contributed by atoms with Crippen molar-refractivity contribution in [2.75, 3.05) is 0 Å². The van der Waals surface area contributed by atoms with Crippen LogP contribution in [-0.2, 0) is 20.8 Å². The highest BCUT2D eigenvalue weighted by molar-refractivity contribution is 8.00. The number of carbonyl (C=O) groups excluding carboxylic acids is 2. The molecule has 2 N–H and O–H groups in total. The number of thiophene rings is 1. The Balaban J connectivity index is 1.68. The lowest BCUT2D eigenvalue weighted by Gasteiger charge is -2.44. The van der Waals surface area contributed by atoms with Gasteiger partial charge in [0.05, 0.1) is 23.6 Å². The van der Waals surface area contributed by atoms with Gasteiger partial charge in [0.15, 0.2) is 0 Å². The number of β-lactam (4-membered cyclic amide) rings is 1. The van der Waals surface area contributed by atoms with E-state index >= 15 is 0 Å². The molecular weight excluding hydrogens is 312 g/mol. The molecule has 0 saturated carbocycles. The topological polar surface area (TPSA) is 86.7 Å².